The maximum Gasteiger partial charge on any atom is 0.337 e. The van der Waals surface area contributed by atoms with Crippen molar-refractivity contribution in [3.05, 3.63) is 132 Å². The molecule has 0 N–H and O–H groups in total. The van der Waals surface area contributed by atoms with Crippen molar-refractivity contribution < 1.29 is 14.3 Å². The number of rotatable bonds is 4. The average Bonchev–Trinajstić information content (AvgIpc) is 3.03. The molecule has 5 nitrogen and oxygen atoms in total. The number of esters is 1. The Bertz CT molecular complexity index is 1880. The van der Waals surface area contributed by atoms with Gasteiger partial charge in [-0.05, 0) is 66.6 Å². The molecular weight excluding hydrogens is 508 g/mol. The highest BCUT2D eigenvalue weighted by Crippen LogP contribution is 2.51. The smallest absolute Gasteiger partial charge is 0.337 e. The molecule has 1 aromatic heterocycles. The van der Waals surface area contributed by atoms with Crippen LogP contribution in [0.1, 0.15) is 15.9 Å². The van der Waals surface area contributed by atoms with Crippen molar-refractivity contribution in [1.29, 1.82) is 0 Å². The topological polar surface area (TPSA) is 51.7 Å². The molecule has 0 radical (unpaired) electrons. The van der Waals surface area contributed by atoms with Gasteiger partial charge in [-0.2, -0.15) is 0 Å². The van der Waals surface area contributed by atoms with Gasteiger partial charge < -0.3 is 14.4 Å². The Labute approximate surface area is 238 Å². The number of ether oxygens (including phenoxy) is 2. The first-order valence-corrected chi connectivity index (χ1v) is 13.5. The van der Waals surface area contributed by atoms with Gasteiger partial charge in [-0.25, -0.2) is 9.78 Å². The fourth-order valence-electron chi connectivity index (χ4n) is 5.39. The zero-order valence-corrected chi connectivity index (χ0v) is 22.7. The molecule has 0 spiro atoms. The van der Waals surface area contributed by atoms with Gasteiger partial charge in [-0.3, -0.25) is 0 Å². The molecule has 5 heteroatoms. The number of para-hydroxylation sites is 5. The molecule has 6 aromatic rings. The molecule has 0 bridgehead atoms. The number of carbonyl (C=O) groups is 1. The van der Waals surface area contributed by atoms with Crippen molar-refractivity contribution >= 4 is 33.9 Å². The fourth-order valence-corrected chi connectivity index (χ4v) is 5.39. The highest BCUT2D eigenvalue weighted by atomic mass is 16.5. The zero-order valence-electron chi connectivity index (χ0n) is 22.7. The molecule has 0 fully saturated rings. The first-order valence-electron chi connectivity index (χ1n) is 13.5. The number of benzene rings is 5. The number of fused-ring (bicyclic) bond motifs is 3. The number of pyridine rings is 1. The van der Waals surface area contributed by atoms with Crippen molar-refractivity contribution in [2.24, 2.45) is 0 Å². The lowest BCUT2D eigenvalue weighted by Gasteiger charge is -2.33. The van der Waals surface area contributed by atoms with E-state index in [4.69, 9.17) is 14.5 Å². The normalized spacial score (nSPS) is 11.9. The fraction of sp³-hybridized carbons (Fsp3) is 0.0556. The molecule has 0 unspecified atom stereocenters. The van der Waals surface area contributed by atoms with E-state index in [0.717, 1.165) is 61.8 Å². The third kappa shape index (κ3) is 4.28. The largest absolute Gasteiger partial charge is 0.465 e. The molecule has 198 valence electrons. The van der Waals surface area contributed by atoms with E-state index in [0.29, 0.717) is 5.56 Å². The van der Waals surface area contributed by atoms with Crippen molar-refractivity contribution in [3.63, 3.8) is 0 Å². The highest BCUT2D eigenvalue weighted by Gasteiger charge is 2.27. The van der Waals surface area contributed by atoms with Crippen molar-refractivity contribution in [2.45, 2.75) is 6.92 Å². The molecule has 2 heterocycles. The highest BCUT2D eigenvalue weighted by molar-refractivity contribution is 6.06. The average molecular weight is 535 g/mol. The minimum atomic E-state index is -0.365. The Morgan fingerprint density at radius 1 is 0.707 bits per heavy atom. The summed E-state index contributed by atoms with van der Waals surface area (Å²) in [6.45, 7) is 2.09. The predicted molar refractivity (Wildman–Crippen MR) is 163 cm³/mol. The third-order valence-electron chi connectivity index (χ3n) is 7.46. The number of nitrogens with zero attached hydrogens (tertiary/aromatic N) is 2. The summed E-state index contributed by atoms with van der Waals surface area (Å²) in [5, 5.41) is 1.04. The van der Waals surface area contributed by atoms with E-state index < -0.39 is 0 Å². The second-order valence-corrected chi connectivity index (χ2v) is 10.0. The Morgan fingerprint density at radius 3 is 1.98 bits per heavy atom. The first-order chi connectivity index (χ1) is 20.1. The van der Waals surface area contributed by atoms with Crippen LogP contribution in [0.15, 0.2) is 121 Å². The Morgan fingerprint density at radius 2 is 1.32 bits per heavy atom. The molecule has 0 saturated heterocycles. The number of anilines is 3. The van der Waals surface area contributed by atoms with Crippen LogP contribution in [-0.2, 0) is 4.74 Å². The monoisotopic (exact) mass is 534 g/mol. The van der Waals surface area contributed by atoms with Gasteiger partial charge in [0.15, 0.2) is 11.5 Å². The third-order valence-corrected chi connectivity index (χ3v) is 7.46. The SMILES string of the molecule is COC(=O)c1ccc(-c2cc(-c3ccc(C)cc3)c3cccc(N4c5ccccc5Oc5ccccc54)c3n2)cc1. The lowest BCUT2D eigenvalue weighted by atomic mass is 9.96. The van der Waals surface area contributed by atoms with E-state index in [-0.39, 0.29) is 5.97 Å². The van der Waals surface area contributed by atoms with E-state index >= 15 is 0 Å². The van der Waals surface area contributed by atoms with Crippen LogP contribution < -0.4 is 9.64 Å². The van der Waals surface area contributed by atoms with Crippen molar-refractivity contribution in [2.75, 3.05) is 12.0 Å². The molecular formula is C36H26N2O3. The van der Waals surface area contributed by atoms with Crippen LogP contribution >= 0.6 is 0 Å². The summed E-state index contributed by atoms with van der Waals surface area (Å²) >= 11 is 0. The van der Waals surface area contributed by atoms with Gasteiger partial charge >= 0.3 is 5.97 Å². The van der Waals surface area contributed by atoms with E-state index in [2.05, 4.69) is 72.5 Å². The maximum atomic E-state index is 12.1. The Balaban J connectivity index is 1.50. The van der Waals surface area contributed by atoms with Crippen LogP contribution in [0.5, 0.6) is 11.5 Å². The van der Waals surface area contributed by atoms with Crippen LogP contribution in [0, 0.1) is 6.92 Å². The molecule has 0 amide bonds. The van der Waals surface area contributed by atoms with Crippen LogP contribution in [0.25, 0.3) is 33.3 Å². The molecule has 0 saturated carbocycles. The van der Waals surface area contributed by atoms with Gasteiger partial charge in [-0.15, -0.1) is 0 Å². The maximum absolute atomic E-state index is 12.1. The number of hydrogen-bond donors (Lipinski definition) is 0. The second-order valence-electron chi connectivity index (χ2n) is 10.0. The standard InChI is InChI=1S/C36H26N2O3/c1-23-14-16-24(17-15-23)28-22-29(25-18-20-26(21-19-25)36(39)40-2)37-35-27(28)8-7-11-32(35)38-30-9-3-5-12-33(30)41-34-13-6-4-10-31(34)38/h3-22H,1-2H3. The summed E-state index contributed by atoms with van der Waals surface area (Å²) in [5.41, 5.74) is 9.32. The molecule has 41 heavy (non-hydrogen) atoms. The van der Waals surface area contributed by atoms with Gasteiger partial charge in [0, 0.05) is 10.9 Å². The summed E-state index contributed by atoms with van der Waals surface area (Å²) in [5.74, 6) is 1.21. The van der Waals surface area contributed by atoms with Crippen LogP contribution in [-0.4, -0.2) is 18.1 Å². The quantitative estimate of drug-likeness (QED) is 0.211. The predicted octanol–water partition coefficient (Wildman–Crippen LogP) is 9.24. The first kappa shape index (κ1) is 24.6. The van der Waals surface area contributed by atoms with Gasteiger partial charge in [0.25, 0.3) is 0 Å². The minimum absolute atomic E-state index is 0.365. The zero-order chi connectivity index (χ0) is 27.9. The number of aryl methyl sites for hydroxylation is 1. The number of carbonyl (C=O) groups excluding carboxylic acids is 1. The summed E-state index contributed by atoms with van der Waals surface area (Å²) in [6.07, 6.45) is 0. The van der Waals surface area contributed by atoms with E-state index in [1.165, 1.54) is 12.7 Å². The van der Waals surface area contributed by atoms with Gasteiger partial charge in [0.2, 0.25) is 0 Å². The van der Waals surface area contributed by atoms with Gasteiger partial charge in [-0.1, -0.05) is 78.4 Å². The molecule has 1 aliphatic rings. The van der Waals surface area contributed by atoms with Crippen molar-refractivity contribution in [3.8, 4) is 33.9 Å². The summed E-state index contributed by atoms with van der Waals surface area (Å²) < 4.78 is 11.2. The van der Waals surface area contributed by atoms with Crippen molar-refractivity contribution in [1.82, 2.24) is 4.98 Å². The summed E-state index contributed by atoms with van der Waals surface area (Å²) in [7, 11) is 1.39. The number of aromatic nitrogens is 1. The lowest BCUT2D eigenvalue weighted by molar-refractivity contribution is 0.0600. The summed E-state index contributed by atoms with van der Waals surface area (Å²) in [4.78, 5) is 19.6. The molecule has 0 atom stereocenters. The minimum Gasteiger partial charge on any atom is -0.465 e. The molecule has 5 aromatic carbocycles. The number of methoxy groups -OCH3 is 1. The van der Waals surface area contributed by atoms with E-state index in [1.54, 1.807) is 12.1 Å². The molecule has 1 aliphatic heterocycles. The van der Waals surface area contributed by atoms with E-state index in [1.807, 2.05) is 48.5 Å². The molecule has 7 rings (SSSR count). The Hall–Kier alpha value is -5.42. The number of hydrogen-bond acceptors (Lipinski definition) is 5. The lowest BCUT2D eigenvalue weighted by Crippen LogP contribution is -2.16. The van der Waals surface area contributed by atoms with Gasteiger partial charge in [0.1, 0.15) is 0 Å². The van der Waals surface area contributed by atoms with E-state index in [9.17, 15) is 4.79 Å². The molecule has 0 aliphatic carbocycles. The van der Waals surface area contributed by atoms with Crippen LogP contribution in [0.2, 0.25) is 0 Å². The second kappa shape index (κ2) is 9.96. The Kier molecular flexibility index (Phi) is 5.98. The van der Waals surface area contributed by atoms with Crippen LogP contribution in [0.4, 0.5) is 17.1 Å². The van der Waals surface area contributed by atoms with Crippen LogP contribution in [0.3, 0.4) is 0 Å². The summed E-state index contributed by atoms with van der Waals surface area (Å²) in [6, 6.07) is 40.5. The van der Waals surface area contributed by atoms with Gasteiger partial charge in [0.05, 0.1) is 40.9 Å².